The molecule has 19 heavy (non-hydrogen) atoms. The van der Waals surface area contributed by atoms with Crippen molar-refractivity contribution in [3.63, 3.8) is 0 Å². The molecule has 0 saturated carbocycles. The molecule has 0 heterocycles. The maximum Gasteiger partial charge on any atom is 0.261 e. The fourth-order valence-electron chi connectivity index (χ4n) is 1.57. The number of phenols is 1. The minimum absolute atomic E-state index is 0.00665. The Morgan fingerprint density at radius 3 is 2.53 bits per heavy atom. The van der Waals surface area contributed by atoms with Crippen LogP contribution in [0.2, 0.25) is 0 Å². The average molecular weight is 342 g/mol. The highest BCUT2D eigenvalue weighted by Gasteiger charge is 2.15. The number of sulfonamides is 1. The quantitative estimate of drug-likeness (QED) is 0.900. The van der Waals surface area contributed by atoms with E-state index in [4.69, 9.17) is 0 Å². The number of nitrogens with one attached hydrogen (secondary N) is 1. The van der Waals surface area contributed by atoms with Gasteiger partial charge >= 0.3 is 0 Å². The van der Waals surface area contributed by atoms with E-state index < -0.39 is 10.0 Å². The van der Waals surface area contributed by atoms with Gasteiger partial charge in [0.25, 0.3) is 10.0 Å². The van der Waals surface area contributed by atoms with E-state index >= 15 is 0 Å². The van der Waals surface area contributed by atoms with Crippen LogP contribution < -0.4 is 4.72 Å². The fourth-order valence-corrected chi connectivity index (χ4v) is 2.95. The fraction of sp³-hybridized carbons (Fsp3) is 0.0769. The van der Waals surface area contributed by atoms with Crippen molar-refractivity contribution in [3.05, 3.63) is 52.5 Å². The average Bonchev–Trinajstić information content (AvgIpc) is 2.32. The molecule has 2 N–H and O–H groups in total. The third kappa shape index (κ3) is 3.27. The molecule has 0 unspecified atom stereocenters. The van der Waals surface area contributed by atoms with Gasteiger partial charge in [-0.2, -0.15) is 0 Å². The van der Waals surface area contributed by atoms with E-state index in [0.29, 0.717) is 5.69 Å². The van der Waals surface area contributed by atoms with Gasteiger partial charge in [-0.1, -0.05) is 22.0 Å². The maximum atomic E-state index is 12.2. The van der Waals surface area contributed by atoms with Gasteiger partial charge in [0.2, 0.25) is 0 Å². The Hall–Kier alpha value is -1.53. The number of phenolic OH excluding ortho intramolecular Hbond substituents is 1. The van der Waals surface area contributed by atoms with Crippen molar-refractivity contribution in [2.75, 3.05) is 4.72 Å². The highest BCUT2D eigenvalue weighted by molar-refractivity contribution is 9.10. The van der Waals surface area contributed by atoms with Crippen LogP contribution in [-0.4, -0.2) is 13.5 Å². The summed E-state index contributed by atoms with van der Waals surface area (Å²) in [6.07, 6.45) is 0. The van der Waals surface area contributed by atoms with Gasteiger partial charge in [0.1, 0.15) is 5.75 Å². The molecule has 6 heteroatoms. The molecule has 2 aromatic carbocycles. The van der Waals surface area contributed by atoms with Crippen LogP contribution in [0.25, 0.3) is 0 Å². The third-order valence-electron chi connectivity index (χ3n) is 2.54. The first-order valence-corrected chi connectivity index (χ1v) is 7.74. The van der Waals surface area contributed by atoms with E-state index in [1.54, 1.807) is 24.3 Å². The number of anilines is 1. The first-order chi connectivity index (χ1) is 8.88. The second-order valence-corrected chi connectivity index (χ2v) is 6.60. The molecular formula is C13H12BrNO3S. The number of hydrogen-bond acceptors (Lipinski definition) is 3. The minimum Gasteiger partial charge on any atom is -0.508 e. The van der Waals surface area contributed by atoms with Gasteiger partial charge in [0.15, 0.2) is 0 Å². The lowest BCUT2D eigenvalue weighted by molar-refractivity contribution is 0.475. The van der Waals surface area contributed by atoms with Crippen molar-refractivity contribution in [1.82, 2.24) is 0 Å². The zero-order chi connectivity index (χ0) is 14.0. The zero-order valence-corrected chi connectivity index (χ0v) is 12.5. The molecule has 0 amide bonds. The molecule has 0 spiro atoms. The molecule has 0 aromatic heterocycles. The molecular weight excluding hydrogens is 330 g/mol. The lowest BCUT2D eigenvalue weighted by Crippen LogP contribution is -2.13. The number of rotatable bonds is 3. The van der Waals surface area contributed by atoms with Crippen LogP contribution in [0.3, 0.4) is 0 Å². The summed E-state index contributed by atoms with van der Waals surface area (Å²) in [6, 6.07) is 10.7. The molecule has 0 aliphatic heterocycles. The zero-order valence-electron chi connectivity index (χ0n) is 10.1. The Bertz CT molecular complexity index is 714. The van der Waals surface area contributed by atoms with Gasteiger partial charge in [-0.05, 0) is 42.8 Å². The van der Waals surface area contributed by atoms with Crippen molar-refractivity contribution in [2.45, 2.75) is 11.8 Å². The summed E-state index contributed by atoms with van der Waals surface area (Å²) in [5, 5.41) is 9.32. The Labute approximate surface area is 120 Å². The van der Waals surface area contributed by atoms with E-state index in [9.17, 15) is 13.5 Å². The van der Waals surface area contributed by atoms with E-state index in [2.05, 4.69) is 20.7 Å². The van der Waals surface area contributed by atoms with Crippen LogP contribution in [0, 0.1) is 6.92 Å². The first-order valence-electron chi connectivity index (χ1n) is 5.46. The second-order valence-electron chi connectivity index (χ2n) is 4.07. The SMILES string of the molecule is Cc1cc(S(=O)(=O)Nc2cccc(O)c2)ccc1Br. The van der Waals surface area contributed by atoms with E-state index in [1.165, 1.54) is 18.2 Å². The molecule has 0 atom stereocenters. The summed E-state index contributed by atoms with van der Waals surface area (Å²) in [6.45, 7) is 1.82. The first kappa shape index (κ1) is 13.9. The lowest BCUT2D eigenvalue weighted by Gasteiger charge is -2.09. The maximum absolute atomic E-state index is 12.2. The van der Waals surface area contributed by atoms with Gasteiger partial charge < -0.3 is 5.11 Å². The van der Waals surface area contributed by atoms with Gasteiger partial charge in [-0.25, -0.2) is 8.42 Å². The Morgan fingerprint density at radius 2 is 1.89 bits per heavy atom. The molecule has 0 fully saturated rings. The normalized spacial score (nSPS) is 11.3. The molecule has 0 saturated heterocycles. The summed E-state index contributed by atoms with van der Waals surface area (Å²) in [5.41, 5.74) is 1.15. The van der Waals surface area contributed by atoms with Crippen molar-refractivity contribution in [3.8, 4) is 5.75 Å². The summed E-state index contributed by atoms with van der Waals surface area (Å²) in [5.74, 6) is 0.00665. The number of halogens is 1. The number of hydrogen-bond donors (Lipinski definition) is 2. The molecule has 0 bridgehead atoms. The Balaban J connectivity index is 2.35. The van der Waals surface area contributed by atoms with Crippen molar-refractivity contribution in [1.29, 1.82) is 0 Å². The predicted molar refractivity (Wildman–Crippen MR) is 77.8 cm³/mol. The van der Waals surface area contributed by atoms with Crippen LogP contribution in [0.5, 0.6) is 5.75 Å². The molecule has 0 aliphatic rings. The van der Waals surface area contributed by atoms with Gasteiger partial charge in [0, 0.05) is 10.5 Å². The molecule has 100 valence electrons. The number of aromatic hydroxyl groups is 1. The van der Waals surface area contributed by atoms with Crippen LogP contribution >= 0.6 is 15.9 Å². The van der Waals surface area contributed by atoms with Crippen LogP contribution in [0.15, 0.2) is 51.8 Å². The van der Waals surface area contributed by atoms with Crippen molar-refractivity contribution >= 4 is 31.6 Å². The van der Waals surface area contributed by atoms with Crippen LogP contribution in [0.1, 0.15) is 5.56 Å². The van der Waals surface area contributed by atoms with E-state index in [1.807, 2.05) is 6.92 Å². The van der Waals surface area contributed by atoms with Crippen LogP contribution in [0.4, 0.5) is 5.69 Å². The molecule has 2 aromatic rings. The highest BCUT2D eigenvalue weighted by Crippen LogP contribution is 2.23. The van der Waals surface area contributed by atoms with Crippen molar-refractivity contribution < 1.29 is 13.5 Å². The molecule has 0 radical (unpaired) electrons. The topological polar surface area (TPSA) is 66.4 Å². The third-order valence-corrected chi connectivity index (χ3v) is 4.81. The Kier molecular flexibility index (Phi) is 3.82. The summed E-state index contributed by atoms with van der Waals surface area (Å²) >= 11 is 3.32. The van der Waals surface area contributed by atoms with Gasteiger partial charge in [-0.15, -0.1) is 0 Å². The smallest absolute Gasteiger partial charge is 0.261 e. The predicted octanol–water partition coefficient (Wildman–Crippen LogP) is 3.26. The van der Waals surface area contributed by atoms with E-state index in [0.717, 1.165) is 10.0 Å². The number of benzene rings is 2. The molecule has 0 aliphatic carbocycles. The minimum atomic E-state index is -3.65. The summed E-state index contributed by atoms with van der Waals surface area (Å²) in [4.78, 5) is 0.177. The second kappa shape index (κ2) is 5.22. The number of aryl methyl sites for hydroxylation is 1. The van der Waals surface area contributed by atoms with Gasteiger partial charge in [-0.3, -0.25) is 4.72 Å². The monoisotopic (exact) mass is 341 g/mol. The Morgan fingerprint density at radius 1 is 1.16 bits per heavy atom. The van der Waals surface area contributed by atoms with Gasteiger partial charge in [0.05, 0.1) is 10.6 Å². The van der Waals surface area contributed by atoms with E-state index in [-0.39, 0.29) is 10.6 Å². The molecule has 2 rings (SSSR count). The molecule has 4 nitrogen and oxygen atoms in total. The highest BCUT2D eigenvalue weighted by atomic mass is 79.9. The standard InChI is InChI=1S/C13H12BrNO3S/c1-9-7-12(5-6-13(9)14)19(17,18)15-10-3-2-4-11(16)8-10/h2-8,15-16H,1H3. The largest absolute Gasteiger partial charge is 0.508 e. The summed E-state index contributed by atoms with van der Waals surface area (Å²) < 4.78 is 27.6. The van der Waals surface area contributed by atoms with Crippen LogP contribution in [-0.2, 0) is 10.0 Å². The lowest BCUT2D eigenvalue weighted by atomic mass is 10.2. The van der Waals surface area contributed by atoms with Crippen molar-refractivity contribution in [2.24, 2.45) is 0 Å². The summed E-state index contributed by atoms with van der Waals surface area (Å²) in [7, 11) is -3.65.